The molecule has 0 saturated heterocycles. The van der Waals surface area contributed by atoms with Gasteiger partial charge in [-0.05, 0) is 36.9 Å². The summed E-state index contributed by atoms with van der Waals surface area (Å²) in [5.74, 6) is 0.379. The summed E-state index contributed by atoms with van der Waals surface area (Å²) in [7, 11) is -0.452. The van der Waals surface area contributed by atoms with Gasteiger partial charge in [-0.1, -0.05) is 80.7 Å². The minimum Gasteiger partial charge on any atom is -0.468 e. The highest BCUT2D eigenvalue weighted by molar-refractivity contribution is 8.01. The van der Waals surface area contributed by atoms with Crippen LogP contribution in [0.15, 0.2) is 65.6 Å². The minimum atomic E-state index is -1.96. The molecule has 146 valence electrons. The molecule has 0 radical (unpaired) electrons. The van der Waals surface area contributed by atoms with Gasteiger partial charge in [0.2, 0.25) is 0 Å². The zero-order valence-corrected chi connectivity index (χ0v) is 19.2. The van der Waals surface area contributed by atoms with Crippen molar-refractivity contribution in [2.24, 2.45) is 5.92 Å². The molecule has 2 atom stereocenters. The van der Waals surface area contributed by atoms with Gasteiger partial charge in [0.25, 0.3) is 0 Å². The molecule has 0 heterocycles. The molecule has 0 unspecified atom stereocenters. The lowest BCUT2D eigenvalue weighted by atomic mass is 9.97. The Kier molecular flexibility index (Phi) is 7.35. The Morgan fingerprint density at radius 2 is 1.56 bits per heavy atom. The van der Waals surface area contributed by atoms with Crippen LogP contribution in [0.3, 0.4) is 0 Å². The quantitative estimate of drug-likeness (QED) is 0.321. The molecule has 0 aliphatic rings. The van der Waals surface area contributed by atoms with Gasteiger partial charge >= 0.3 is 5.97 Å². The Morgan fingerprint density at radius 1 is 1.04 bits per heavy atom. The fourth-order valence-corrected chi connectivity index (χ4v) is 10.2. The molecule has 0 amide bonds. The first-order chi connectivity index (χ1) is 12.7. The second-order valence-electron chi connectivity index (χ2n) is 8.28. The molecule has 2 aromatic carbocycles. The van der Waals surface area contributed by atoms with E-state index in [0.29, 0.717) is 5.92 Å². The third kappa shape index (κ3) is 5.05. The maximum absolute atomic E-state index is 13.1. The van der Waals surface area contributed by atoms with Crippen LogP contribution in [0.5, 0.6) is 0 Å². The van der Waals surface area contributed by atoms with Gasteiger partial charge in [0.15, 0.2) is 0 Å². The molecule has 4 heteroatoms. The number of hydrogen-bond donors (Lipinski definition) is 0. The molecular weight excluding hydrogens is 368 g/mol. The summed E-state index contributed by atoms with van der Waals surface area (Å²) < 4.78 is 4.71. The Hall–Kier alpha value is -1.52. The predicted octanol–water partition coefficient (Wildman–Crippen LogP) is 5.74. The largest absolute Gasteiger partial charge is 0.468 e. The van der Waals surface area contributed by atoms with E-state index in [4.69, 9.17) is 4.74 Å². The number of carbonyl (C=O) groups excluding carboxylic acids is 1. The molecule has 0 fully saturated rings. The Labute approximate surface area is 169 Å². The van der Waals surface area contributed by atoms with E-state index in [0.717, 1.165) is 11.3 Å². The van der Waals surface area contributed by atoms with Gasteiger partial charge in [-0.25, -0.2) is 0 Å². The monoisotopic (exact) mass is 400 g/mol. The normalized spacial score (nSPS) is 15.2. The van der Waals surface area contributed by atoms with Crippen molar-refractivity contribution >= 4 is 31.0 Å². The highest BCUT2D eigenvalue weighted by atomic mass is 32.2. The number of benzene rings is 2. The second-order valence-corrected chi connectivity index (χ2v) is 14.5. The zero-order chi connectivity index (χ0) is 20.1. The third-order valence-electron chi connectivity index (χ3n) is 5.42. The standard InChI is InChI=1S/C23H32O2SSi/c1-18(2)17-21(27(5,6)20-15-11-8-12-16-20)23(3,22(24)25-4)26-19-13-9-7-10-14-19/h7-16,18,21H,17H2,1-6H3/t21-,23-/m1/s1. The van der Waals surface area contributed by atoms with Crippen molar-refractivity contribution in [2.45, 2.75) is 55.5 Å². The fraction of sp³-hybridized carbons (Fsp3) is 0.435. The summed E-state index contributed by atoms with van der Waals surface area (Å²) in [5, 5.41) is 1.39. The van der Waals surface area contributed by atoms with Crippen LogP contribution in [0.25, 0.3) is 0 Å². The molecule has 0 aromatic heterocycles. The van der Waals surface area contributed by atoms with Gasteiger partial charge in [-0.2, -0.15) is 0 Å². The van der Waals surface area contributed by atoms with Gasteiger partial charge in [-0.15, -0.1) is 11.8 Å². The molecule has 0 bridgehead atoms. The Morgan fingerprint density at radius 3 is 2.04 bits per heavy atom. The van der Waals surface area contributed by atoms with Gasteiger partial charge in [0.1, 0.15) is 4.75 Å². The van der Waals surface area contributed by atoms with Crippen LogP contribution < -0.4 is 5.19 Å². The summed E-state index contributed by atoms with van der Waals surface area (Å²) in [6.45, 7) is 11.4. The molecular formula is C23H32O2SSi. The first kappa shape index (κ1) is 21.8. The van der Waals surface area contributed by atoms with E-state index < -0.39 is 12.8 Å². The molecule has 0 aliphatic carbocycles. The molecule has 2 rings (SSSR count). The number of rotatable bonds is 8. The van der Waals surface area contributed by atoms with Crippen LogP contribution in [0.4, 0.5) is 0 Å². The molecule has 0 spiro atoms. The minimum absolute atomic E-state index is 0.126. The van der Waals surface area contributed by atoms with Crippen LogP contribution in [0.2, 0.25) is 18.6 Å². The van der Waals surface area contributed by atoms with Gasteiger partial charge in [0, 0.05) is 4.90 Å². The van der Waals surface area contributed by atoms with E-state index in [2.05, 4.69) is 76.3 Å². The topological polar surface area (TPSA) is 26.3 Å². The van der Waals surface area contributed by atoms with Gasteiger partial charge in [-0.3, -0.25) is 4.79 Å². The number of ether oxygens (including phenoxy) is 1. The number of carbonyl (C=O) groups is 1. The summed E-state index contributed by atoms with van der Waals surface area (Å²) in [4.78, 5) is 14.2. The first-order valence-corrected chi connectivity index (χ1v) is 13.5. The smallest absolute Gasteiger partial charge is 0.322 e. The molecule has 2 aromatic rings. The Balaban J connectivity index is 2.55. The Bertz CT molecular complexity index is 731. The highest BCUT2D eigenvalue weighted by Crippen LogP contribution is 2.49. The van der Waals surface area contributed by atoms with Crippen LogP contribution in [0, 0.1) is 5.92 Å². The molecule has 0 N–H and O–H groups in total. The average molecular weight is 401 g/mol. The van der Waals surface area contributed by atoms with Crippen molar-refractivity contribution in [3.05, 3.63) is 60.7 Å². The number of esters is 1. The van der Waals surface area contributed by atoms with E-state index in [1.165, 1.54) is 12.3 Å². The van der Waals surface area contributed by atoms with Crippen molar-refractivity contribution in [1.29, 1.82) is 0 Å². The van der Waals surface area contributed by atoms with E-state index >= 15 is 0 Å². The predicted molar refractivity (Wildman–Crippen MR) is 119 cm³/mol. The summed E-state index contributed by atoms with van der Waals surface area (Å²) in [6.07, 6.45) is 1.000. The second kappa shape index (κ2) is 9.11. The maximum atomic E-state index is 13.1. The molecule has 0 aliphatic heterocycles. The van der Waals surface area contributed by atoms with Crippen LogP contribution in [-0.4, -0.2) is 25.9 Å². The number of thioether (sulfide) groups is 1. The zero-order valence-electron chi connectivity index (χ0n) is 17.4. The lowest BCUT2D eigenvalue weighted by Gasteiger charge is -2.44. The first-order valence-electron chi connectivity index (χ1n) is 9.59. The van der Waals surface area contributed by atoms with E-state index in [1.807, 2.05) is 18.2 Å². The summed E-state index contributed by atoms with van der Waals surface area (Å²) in [6, 6.07) is 20.9. The molecule has 27 heavy (non-hydrogen) atoms. The van der Waals surface area contributed by atoms with E-state index in [1.54, 1.807) is 11.8 Å². The SMILES string of the molecule is COC(=O)[C@](C)(Sc1ccccc1)[C@@H](CC(C)C)[Si](C)(C)c1ccccc1. The molecule has 0 saturated carbocycles. The van der Waals surface area contributed by atoms with Crippen molar-refractivity contribution in [2.75, 3.05) is 7.11 Å². The molecule has 2 nitrogen and oxygen atoms in total. The van der Waals surface area contributed by atoms with Crippen LogP contribution in [-0.2, 0) is 9.53 Å². The summed E-state index contributed by atoms with van der Waals surface area (Å²) in [5.41, 5.74) is 0.241. The van der Waals surface area contributed by atoms with Crippen LogP contribution in [0.1, 0.15) is 27.2 Å². The van der Waals surface area contributed by atoms with Crippen LogP contribution >= 0.6 is 11.8 Å². The van der Waals surface area contributed by atoms with Gasteiger partial charge < -0.3 is 4.74 Å². The lowest BCUT2D eigenvalue weighted by molar-refractivity contribution is -0.143. The fourth-order valence-electron chi connectivity index (χ4n) is 3.94. The lowest BCUT2D eigenvalue weighted by Crippen LogP contribution is -2.56. The van der Waals surface area contributed by atoms with Gasteiger partial charge in [0.05, 0.1) is 15.2 Å². The third-order valence-corrected chi connectivity index (χ3v) is 11.4. The van der Waals surface area contributed by atoms with Crippen molar-refractivity contribution in [3.63, 3.8) is 0 Å². The van der Waals surface area contributed by atoms with Crippen molar-refractivity contribution in [3.8, 4) is 0 Å². The summed E-state index contributed by atoms with van der Waals surface area (Å²) >= 11 is 1.66. The highest BCUT2D eigenvalue weighted by Gasteiger charge is 2.51. The number of hydrogen-bond acceptors (Lipinski definition) is 3. The number of methoxy groups -OCH3 is 1. The maximum Gasteiger partial charge on any atom is 0.322 e. The van der Waals surface area contributed by atoms with Crippen molar-refractivity contribution < 1.29 is 9.53 Å². The van der Waals surface area contributed by atoms with Crippen molar-refractivity contribution in [1.82, 2.24) is 0 Å². The van der Waals surface area contributed by atoms with E-state index in [-0.39, 0.29) is 11.5 Å². The van der Waals surface area contributed by atoms with E-state index in [9.17, 15) is 4.79 Å². The average Bonchev–Trinajstić information content (AvgIpc) is 2.66.